The van der Waals surface area contributed by atoms with Gasteiger partial charge in [0.15, 0.2) is 0 Å². The molecule has 2 aromatic carbocycles. The minimum atomic E-state index is -0.299. The molecule has 144 valence electrons. The first-order chi connectivity index (χ1) is 13.6. The number of carbonyl (C=O) groups excluding carboxylic acids is 3. The maximum atomic E-state index is 13.3. The van der Waals surface area contributed by atoms with Gasteiger partial charge < -0.3 is 4.90 Å². The Hall–Kier alpha value is -2.95. The van der Waals surface area contributed by atoms with Crippen LogP contribution in [-0.2, 0) is 6.54 Å². The molecule has 0 aromatic heterocycles. The molecule has 3 amide bonds. The fourth-order valence-electron chi connectivity index (χ4n) is 4.27. The van der Waals surface area contributed by atoms with Crippen molar-refractivity contribution in [1.29, 1.82) is 0 Å². The summed E-state index contributed by atoms with van der Waals surface area (Å²) in [6, 6.07) is 14.4. The van der Waals surface area contributed by atoms with Gasteiger partial charge in [0.1, 0.15) is 0 Å². The van der Waals surface area contributed by atoms with Crippen LogP contribution in [-0.4, -0.2) is 40.1 Å². The highest BCUT2D eigenvalue weighted by Gasteiger charge is 2.36. The van der Waals surface area contributed by atoms with E-state index in [0.29, 0.717) is 22.3 Å². The van der Waals surface area contributed by atoms with Gasteiger partial charge in [-0.1, -0.05) is 37.3 Å². The predicted octanol–water partition coefficient (Wildman–Crippen LogP) is 3.89. The van der Waals surface area contributed by atoms with Crippen molar-refractivity contribution in [1.82, 2.24) is 9.80 Å². The summed E-state index contributed by atoms with van der Waals surface area (Å²) < 4.78 is 0. The van der Waals surface area contributed by atoms with Crippen LogP contribution in [0.2, 0.25) is 0 Å². The Bertz CT molecular complexity index is 902. The maximum absolute atomic E-state index is 13.3. The van der Waals surface area contributed by atoms with Gasteiger partial charge in [-0.05, 0) is 49.4 Å². The quantitative estimate of drug-likeness (QED) is 0.761. The van der Waals surface area contributed by atoms with Crippen LogP contribution in [0.3, 0.4) is 0 Å². The van der Waals surface area contributed by atoms with Crippen molar-refractivity contribution >= 4 is 17.7 Å². The molecule has 5 nitrogen and oxygen atoms in total. The Balaban J connectivity index is 1.62. The van der Waals surface area contributed by atoms with Crippen molar-refractivity contribution in [2.45, 2.75) is 45.2 Å². The lowest BCUT2D eigenvalue weighted by Crippen LogP contribution is -2.44. The third-order valence-electron chi connectivity index (χ3n) is 5.81. The molecule has 0 bridgehead atoms. The first-order valence-corrected chi connectivity index (χ1v) is 9.96. The molecule has 4 rings (SSSR count). The number of piperidine rings is 1. The van der Waals surface area contributed by atoms with Crippen molar-refractivity contribution in [3.63, 3.8) is 0 Å². The average Bonchev–Trinajstić information content (AvgIpc) is 2.99. The number of fused-ring (bicyclic) bond motifs is 1. The topological polar surface area (TPSA) is 57.7 Å². The number of carbonyl (C=O) groups is 3. The zero-order chi connectivity index (χ0) is 19.7. The molecule has 0 spiro atoms. The molecule has 5 heteroatoms. The highest BCUT2D eigenvalue weighted by Crippen LogP contribution is 2.27. The van der Waals surface area contributed by atoms with Crippen LogP contribution >= 0.6 is 0 Å². The van der Waals surface area contributed by atoms with Crippen LogP contribution in [0.25, 0.3) is 0 Å². The molecule has 1 saturated heterocycles. The minimum absolute atomic E-state index is 0.00115. The van der Waals surface area contributed by atoms with Gasteiger partial charge in [0.25, 0.3) is 17.7 Å². The molecule has 0 saturated carbocycles. The second-order valence-corrected chi connectivity index (χ2v) is 7.46. The van der Waals surface area contributed by atoms with Crippen molar-refractivity contribution in [3.05, 3.63) is 70.8 Å². The lowest BCUT2D eigenvalue weighted by Gasteiger charge is -2.35. The number of nitrogens with zero attached hydrogens (tertiary/aromatic N) is 2. The van der Waals surface area contributed by atoms with Crippen molar-refractivity contribution in [2.24, 2.45) is 0 Å². The summed E-state index contributed by atoms with van der Waals surface area (Å²) in [4.78, 5) is 41.9. The molecule has 0 radical (unpaired) electrons. The van der Waals surface area contributed by atoms with Crippen molar-refractivity contribution < 1.29 is 14.4 Å². The van der Waals surface area contributed by atoms with Crippen molar-refractivity contribution in [2.75, 3.05) is 6.54 Å². The summed E-state index contributed by atoms with van der Waals surface area (Å²) in [5, 5.41) is 0. The van der Waals surface area contributed by atoms with E-state index in [1.807, 2.05) is 23.1 Å². The van der Waals surface area contributed by atoms with Crippen LogP contribution in [0.15, 0.2) is 48.5 Å². The number of rotatable bonds is 4. The zero-order valence-corrected chi connectivity index (χ0v) is 16.1. The number of benzene rings is 2. The largest absolute Gasteiger partial charge is 0.336 e. The van der Waals surface area contributed by atoms with Gasteiger partial charge in [0.05, 0.1) is 17.7 Å². The molecule has 1 atom stereocenters. The van der Waals surface area contributed by atoms with Gasteiger partial charge in [-0.25, -0.2) is 0 Å². The lowest BCUT2D eigenvalue weighted by atomic mass is 9.97. The number of likely N-dealkylation sites (tertiary alicyclic amines) is 1. The van der Waals surface area contributed by atoms with Crippen LogP contribution in [0.5, 0.6) is 0 Å². The number of hydrogen-bond donors (Lipinski definition) is 0. The Morgan fingerprint density at radius 3 is 2.29 bits per heavy atom. The molecule has 0 N–H and O–H groups in total. The Morgan fingerprint density at radius 1 is 0.964 bits per heavy atom. The first-order valence-electron chi connectivity index (χ1n) is 9.96. The van der Waals surface area contributed by atoms with E-state index in [-0.39, 0.29) is 30.3 Å². The molecular weight excluding hydrogens is 352 g/mol. The molecule has 2 aliphatic rings. The smallest absolute Gasteiger partial charge is 0.261 e. The predicted molar refractivity (Wildman–Crippen MR) is 106 cm³/mol. The van der Waals surface area contributed by atoms with Gasteiger partial charge in [-0.2, -0.15) is 0 Å². The summed E-state index contributed by atoms with van der Waals surface area (Å²) in [7, 11) is 0. The number of amides is 3. The molecule has 0 unspecified atom stereocenters. The Labute approximate surface area is 164 Å². The van der Waals surface area contributed by atoms with E-state index >= 15 is 0 Å². The van der Waals surface area contributed by atoms with Crippen LogP contribution in [0.1, 0.15) is 69.2 Å². The fourth-order valence-corrected chi connectivity index (χ4v) is 4.27. The van der Waals surface area contributed by atoms with E-state index in [9.17, 15) is 14.4 Å². The number of imide groups is 1. The van der Waals surface area contributed by atoms with Gasteiger partial charge in [0.2, 0.25) is 0 Å². The molecule has 0 aliphatic carbocycles. The van der Waals surface area contributed by atoms with E-state index in [1.54, 1.807) is 30.3 Å². The SMILES string of the molecule is CC[C@H]1CCCCN1C(=O)c1ccccc1CN1C(=O)c2ccccc2C1=O. The summed E-state index contributed by atoms with van der Waals surface area (Å²) in [6.07, 6.45) is 4.14. The summed E-state index contributed by atoms with van der Waals surface area (Å²) >= 11 is 0. The third kappa shape index (κ3) is 3.11. The number of hydrogen-bond acceptors (Lipinski definition) is 3. The molecule has 2 aliphatic heterocycles. The highest BCUT2D eigenvalue weighted by atomic mass is 16.2. The standard InChI is InChI=1S/C23H24N2O3/c1-2-17-10-7-8-14-24(17)21(26)18-11-4-3-9-16(18)15-25-22(27)19-12-5-6-13-20(19)23(25)28/h3-6,9,11-13,17H,2,7-8,10,14-15H2,1H3/t17-/m0/s1. The van der Waals surface area contributed by atoms with E-state index < -0.39 is 0 Å². The van der Waals surface area contributed by atoms with Gasteiger partial charge in [-0.15, -0.1) is 0 Å². The van der Waals surface area contributed by atoms with Gasteiger partial charge in [-0.3, -0.25) is 19.3 Å². The van der Waals surface area contributed by atoms with E-state index in [4.69, 9.17) is 0 Å². The highest BCUT2D eigenvalue weighted by molar-refractivity contribution is 6.21. The van der Waals surface area contributed by atoms with E-state index in [0.717, 1.165) is 32.2 Å². The van der Waals surface area contributed by atoms with Gasteiger partial charge in [0, 0.05) is 18.2 Å². The Kier molecular flexibility index (Phi) is 4.99. The fraction of sp³-hybridized carbons (Fsp3) is 0.348. The Morgan fingerprint density at radius 2 is 1.61 bits per heavy atom. The normalized spacial score (nSPS) is 19.1. The minimum Gasteiger partial charge on any atom is -0.336 e. The molecule has 1 fully saturated rings. The van der Waals surface area contributed by atoms with Crippen molar-refractivity contribution in [3.8, 4) is 0 Å². The van der Waals surface area contributed by atoms with E-state index in [1.165, 1.54) is 4.90 Å². The van der Waals surface area contributed by atoms with Crippen LogP contribution in [0.4, 0.5) is 0 Å². The molecule has 2 aromatic rings. The van der Waals surface area contributed by atoms with Crippen LogP contribution < -0.4 is 0 Å². The average molecular weight is 376 g/mol. The molecule has 2 heterocycles. The first kappa shape index (κ1) is 18.4. The van der Waals surface area contributed by atoms with Gasteiger partial charge >= 0.3 is 0 Å². The zero-order valence-electron chi connectivity index (χ0n) is 16.1. The lowest BCUT2D eigenvalue weighted by molar-refractivity contribution is 0.0590. The summed E-state index contributed by atoms with van der Waals surface area (Å²) in [6.45, 7) is 2.98. The second kappa shape index (κ2) is 7.58. The summed E-state index contributed by atoms with van der Waals surface area (Å²) in [5.41, 5.74) is 2.15. The maximum Gasteiger partial charge on any atom is 0.261 e. The third-order valence-corrected chi connectivity index (χ3v) is 5.81. The molecule has 28 heavy (non-hydrogen) atoms. The summed E-state index contributed by atoms with van der Waals surface area (Å²) in [5.74, 6) is -0.599. The monoisotopic (exact) mass is 376 g/mol. The molecular formula is C23H24N2O3. The second-order valence-electron chi connectivity index (χ2n) is 7.46. The van der Waals surface area contributed by atoms with Crippen LogP contribution in [0, 0.1) is 0 Å². The van der Waals surface area contributed by atoms with E-state index in [2.05, 4.69) is 6.92 Å².